The number of hydrogen-bond acceptors (Lipinski definition) is 5. The minimum absolute atomic E-state index is 0.297. The molecule has 1 atom stereocenters. The van der Waals surface area contributed by atoms with Crippen LogP contribution in [0.5, 0.6) is 0 Å². The molecule has 0 bridgehead atoms. The maximum absolute atomic E-state index is 4.53. The van der Waals surface area contributed by atoms with Gasteiger partial charge in [-0.3, -0.25) is 4.68 Å². The molecule has 116 valence electrons. The van der Waals surface area contributed by atoms with Crippen molar-refractivity contribution in [3.05, 3.63) is 26.8 Å². The van der Waals surface area contributed by atoms with E-state index in [-0.39, 0.29) is 0 Å². The van der Waals surface area contributed by atoms with Crippen LogP contribution in [0.25, 0.3) is 0 Å². The maximum Gasteiger partial charge on any atom is 0.130 e. The average Bonchev–Trinajstić information content (AvgIpc) is 2.85. The van der Waals surface area contributed by atoms with E-state index in [2.05, 4.69) is 62.1 Å². The fourth-order valence-corrected chi connectivity index (χ4v) is 3.71. The van der Waals surface area contributed by atoms with Crippen molar-refractivity contribution >= 4 is 17.2 Å². The molecule has 0 fully saturated rings. The first-order valence-corrected chi connectivity index (χ1v) is 8.00. The highest BCUT2D eigenvalue weighted by Crippen LogP contribution is 2.26. The van der Waals surface area contributed by atoms with Crippen molar-refractivity contribution in [1.29, 1.82) is 0 Å². The van der Waals surface area contributed by atoms with E-state index in [1.54, 1.807) is 11.3 Å². The van der Waals surface area contributed by atoms with Gasteiger partial charge in [0.05, 0.1) is 16.4 Å². The Balaban J connectivity index is 2.15. The highest BCUT2D eigenvalue weighted by molar-refractivity contribution is 7.11. The van der Waals surface area contributed by atoms with Gasteiger partial charge in [-0.2, -0.15) is 5.10 Å². The van der Waals surface area contributed by atoms with E-state index >= 15 is 0 Å². The van der Waals surface area contributed by atoms with Crippen LogP contribution in [0.15, 0.2) is 0 Å². The number of aromatic nitrogens is 3. The van der Waals surface area contributed by atoms with Gasteiger partial charge in [0, 0.05) is 44.2 Å². The summed E-state index contributed by atoms with van der Waals surface area (Å²) in [4.78, 5) is 7.94. The summed E-state index contributed by atoms with van der Waals surface area (Å²) >= 11 is 1.77. The Labute approximate surface area is 131 Å². The summed E-state index contributed by atoms with van der Waals surface area (Å²) in [5.74, 6) is 1.16. The third kappa shape index (κ3) is 3.27. The molecular weight excluding hydrogens is 282 g/mol. The van der Waals surface area contributed by atoms with E-state index in [1.165, 1.54) is 10.4 Å². The largest absolute Gasteiger partial charge is 0.363 e. The van der Waals surface area contributed by atoms with Gasteiger partial charge >= 0.3 is 0 Å². The molecular formula is C15H25N5S. The van der Waals surface area contributed by atoms with Crippen LogP contribution in [-0.4, -0.2) is 28.9 Å². The lowest BCUT2D eigenvalue weighted by atomic mass is 10.2. The lowest BCUT2D eigenvalue weighted by molar-refractivity contribution is 0.578. The van der Waals surface area contributed by atoms with Gasteiger partial charge in [0.1, 0.15) is 5.82 Å². The van der Waals surface area contributed by atoms with Gasteiger partial charge in [-0.15, -0.1) is 11.3 Å². The molecule has 0 unspecified atom stereocenters. The van der Waals surface area contributed by atoms with Crippen molar-refractivity contribution in [2.24, 2.45) is 7.05 Å². The van der Waals surface area contributed by atoms with Gasteiger partial charge in [0.25, 0.3) is 0 Å². The number of thiazole rings is 1. The number of nitrogens with one attached hydrogen (secondary N) is 1. The van der Waals surface area contributed by atoms with Gasteiger partial charge in [-0.05, 0) is 27.7 Å². The molecule has 5 nitrogen and oxygen atoms in total. The SMILES string of the molecule is Cc1nc(C)c([C@H](C)NCc2c(C)nn(C)c2N(C)C)s1. The van der Waals surface area contributed by atoms with Crippen LogP contribution in [0.4, 0.5) is 5.82 Å². The summed E-state index contributed by atoms with van der Waals surface area (Å²) in [6.07, 6.45) is 0. The number of nitrogens with zero attached hydrogens (tertiary/aromatic N) is 4. The normalized spacial score (nSPS) is 12.7. The van der Waals surface area contributed by atoms with E-state index < -0.39 is 0 Å². The Morgan fingerprint density at radius 1 is 1.24 bits per heavy atom. The van der Waals surface area contributed by atoms with E-state index in [0.29, 0.717) is 6.04 Å². The summed E-state index contributed by atoms with van der Waals surface area (Å²) in [5.41, 5.74) is 3.47. The monoisotopic (exact) mass is 307 g/mol. The van der Waals surface area contributed by atoms with Crippen LogP contribution < -0.4 is 10.2 Å². The molecule has 2 aromatic heterocycles. The maximum atomic E-state index is 4.53. The van der Waals surface area contributed by atoms with E-state index in [0.717, 1.165) is 28.8 Å². The number of rotatable bonds is 5. The molecule has 6 heteroatoms. The molecule has 0 amide bonds. The predicted octanol–water partition coefficient (Wildman–Crippen LogP) is 2.72. The number of hydrogen-bond donors (Lipinski definition) is 1. The number of aryl methyl sites for hydroxylation is 4. The molecule has 0 aliphatic rings. The van der Waals surface area contributed by atoms with Gasteiger partial charge in [-0.1, -0.05) is 0 Å². The summed E-state index contributed by atoms with van der Waals surface area (Å²) in [6.45, 7) is 9.21. The molecule has 2 rings (SSSR count). The summed E-state index contributed by atoms with van der Waals surface area (Å²) < 4.78 is 1.94. The van der Waals surface area contributed by atoms with Crippen molar-refractivity contribution in [2.75, 3.05) is 19.0 Å². The quantitative estimate of drug-likeness (QED) is 0.922. The van der Waals surface area contributed by atoms with Gasteiger partial charge < -0.3 is 10.2 Å². The second kappa shape index (κ2) is 6.15. The molecule has 0 aromatic carbocycles. The molecule has 21 heavy (non-hydrogen) atoms. The molecule has 1 N–H and O–H groups in total. The third-order valence-corrected chi connectivity index (χ3v) is 4.91. The molecule has 0 aliphatic heterocycles. The highest BCUT2D eigenvalue weighted by Gasteiger charge is 2.17. The van der Waals surface area contributed by atoms with Gasteiger partial charge in [0.2, 0.25) is 0 Å². The van der Waals surface area contributed by atoms with Crippen molar-refractivity contribution in [3.8, 4) is 0 Å². The summed E-state index contributed by atoms with van der Waals surface area (Å²) in [5, 5.41) is 9.27. The molecule has 2 aromatic rings. The molecule has 0 saturated heterocycles. The minimum Gasteiger partial charge on any atom is -0.363 e. The predicted molar refractivity (Wildman–Crippen MR) is 89.1 cm³/mol. The fourth-order valence-electron chi connectivity index (χ4n) is 2.75. The van der Waals surface area contributed by atoms with E-state index in [9.17, 15) is 0 Å². The Kier molecular flexibility index (Phi) is 4.68. The standard InChI is InChI=1S/C15H25N5S/c1-9-13(15(19(5)6)20(7)18-9)8-16-10(2)14-11(3)17-12(4)21-14/h10,16H,8H2,1-7H3/t10-/m0/s1. The summed E-state index contributed by atoms with van der Waals surface area (Å²) in [7, 11) is 6.10. The van der Waals surface area contributed by atoms with Crippen molar-refractivity contribution < 1.29 is 0 Å². The Bertz CT molecular complexity index is 626. The second-order valence-electron chi connectivity index (χ2n) is 5.69. The Hall–Kier alpha value is -1.40. The molecule has 0 aliphatic carbocycles. The van der Waals surface area contributed by atoms with Crippen LogP contribution in [0.1, 0.15) is 39.8 Å². The first-order valence-electron chi connectivity index (χ1n) is 7.18. The Morgan fingerprint density at radius 2 is 1.90 bits per heavy atom. The second-order valence-corrected chi connectivity index (χ2v) is 6.93. The Morgan fingerprint density at radius 3 is 2.43 bits per heavy atom. The van der Waals surface area contributed by atoms with Crippen molar-refractivity contribution in [2.45, 2.75) is 40.3 Å². The smallest absolute Gasteiger partial charge is 0.130 e. The van der Waals surface area contributed by atoms with E-state index in [1.807, 2.05) is 11.7 Å². The minimum atomic E-state index is 0.297. The van der Waals surface area contributed by atoms with Crippen LogP contribution in [0.2, 0.25) is 0 Å². The first kappa shape index (κ1) is 16.0. The first-order chi connectivity index (χ1) is 9.81. The van der Waals surface area contributed by atoms with Crippen molar-refractivity contribution in [3.63, 3.8) is 0 Å². The van der Waals surface area contributed by atoms with E-state index in [4.69, 9.17) is 0 Å². The van der Waals surface area contributed by atoms with Crippen molar-refractivity contribution in [1.82, 2.24) is 20.1 Å². The molecule has 0 saturated carbocycles. The zero-order chi connectivity index (χ0) is 15.7. The van der Waals surface area contributed by atoms with Crippen LogP contribution >= 0.6 is 11.3 Å². The zero-order valence-corrected chi connectivity index (χ0v) is 14.8. The lowest BCUT2D eigenvalue weighted by Gasteiger charge is -2.17. The van der Waals surface area contributed by atoms with Crippen LogP contribution in [0, 0.1) is 20.8 Å². The number of anilines is 1. The lowest BCUT2D eigenvalue weighted by Crippen LogP contribution is -2.21. The summed E-state index contributed by atoms with van der Waals surface area (Å²) in [6, 6.07) is 0.297. The van der Waals surface area contributed by atoms with Crippen LogP contribution in [-0.2, 0) is 13.6 Å². The van der Waals surface area contributed by atoms with Gasteiger partial charge in [0.15, 0.2) is 0 Å². The fraction of sp³-hybridized carbons (Fsp3) is 0.600. The van der Waals surface area contributed by atoms with Crippen LogP contribution in [0.3, 0.4) is 0 Å². The highest BCUT2D eigenvalue weighted by atomic mass is 32.1. The topological polar surface area (TPSA) is 46.0 Å². The molecule has 0 spiro atoms. The molecule has 2 heterocycles. The average molecular weight is 307 g/mol. The van der Waals surface area contributed by atoms with Gasteiger partial charge in [-0.25, -0.2) is 4.98 Å². The molecule has 0 radical (unpaired) electrons. The third-order valence-electron chi connectivity index (χ3n) is 3.65. The zero-order valence-electron chi connectivity index (χ0n) is 14.0.